The summed E-state index contributed by atoms with van der Waals surface area (Å²) < 4.78 is 0. The Morgan fingerprint density at radius 2 is 1.94 bits per heavy atom. The summed E-state index contributed by atoms with van der Waals surface area (Å²) in [5.74, 6) is 0.524. The molecule has 1 aromatic rings. The SMILES string of the molecule is C#CCN1CC(=O)N2[C@@H](CC(=O)O)C(=O)N(CC(C)C)C[C@@H]2N1C(=O)NCc1ccccc1. The molecule has 2 saturated heterocycles. The lowest BCUT2D eigenvalue weighted by Crippen LogP contribution is -2.76. The first-order valence-electron chi connectivity index (χ1n) is 10.8. The number of hydrazine groups is 1. The highest BCUT2D eigenvalue weighted by molar-refractivity contribution is 5.93. The molecule has 176 valence electrons. The average Bonchev–Trinajstić information content (AvgIpc) is 2.75. The van der Waals surface area contributed by atoms with Gasteiger partial charge in [0.05, 0.1) is 26.1 Å². The molecule has 2 heterocycles. The number of hydrogen-bond donors (Lipinski definition) is 2. The van der Waals surface area contributed by atoms with Gasteiger partial charge in [0.1, 0.15) is 12.2 Å². The third kappa shape index (κ3) is 5.43. The predicted molar refractivity (Wildman–Crippen MR) is 119 cm³/mol. The number of nitrogens with one attached hydrogen (secondary N) is 1. The van der Waals surface area contributed by atoms with Gasteiger partial charge in [0.25, 0.3) is 0 Å². The lowest BCUT2D eigenvalue weighted by atomic mass is 10.0. The fourth-order valence-electron chi connectivity index (χ4n) is 4.26. The lowest BCUT2D eigenvalue weighted by molar-refractivity contribution is -0.190. The monoisotopic (exact) mass is 455 g/mol. The molecule has 0 aromatic heterocycles. The van der Waals surface area contributed by atoms with Gasteiger partial charge in [0.2, 0.25) is 11.8 Å². The van der Waals surface area contributed by atoms with Gasteiger partial charge >= 0.3 is 12.0 Å². The molecule has 0 radical (unpaired) electrons. The van der Waals surface area contributed by atoms with Crippen LogP contribution >= 0.6 is 0 Å². The lowest BCUT2D eigenvalue weighted by Gasteiger charge is -2.54. The number of benzene rings is 1. The van der Waals surface area contributed by atoms with E-state index in [2.05, 4.69) is 11.2 Å². The summed E-state index contributed by atoms with van der Waals surface area (Å²) in [7, 11) is 0. The highest BCUT2D eigenvalue weighted by Crippen LogP contribution is 2.28. The second-order valence-electron chi connectivity index (χ2n) is 8.55. The number of piperazine rings is 1. The Kier molecular flexibility index (Phi) is 7.55. The van der Waals surface area contributed by atoms with Crippen molar-refractivity contribution < 1.29 is 24.3 Å². The number of rotatable bonds is 7. The Morgan fingerprint density at radius 1 is 1.24 bits per heavy atom. The van der Waals surface area contributed by atoms with E-state index in [0.717, 1.165) is 5.56 Å². The predicted octanol–water partition coefficient (Wildman–Crippen LogP) is 0.558. The Bertz CT molecular complexity index is 944. The van der Waals surface area contributed by atoms with Crippen LogP contribution in [0.4, 0.5) is 4.79 Å². The van der Waals surface area contributed by atoms with Crippen LogP contribution < -0.4 is 5.32 Å². The Labute approximate surface area is 193 Å². The van der Waals surface area contributed by atoms with Crippen molar-refractivity contribution in [2.24, 2.45) is 5.92 Å². The molecular weight excluding hydrogens is 426 g/mol. The van der Waals surface area contributed by atoms with E-state index < -0.39 is 42.4 Å². The average molecular weight is 456 g/mol. The van der Waals surface area contributed by atoms with Crippen LogP contribution in [0.5, 0.6) is 0 Å². The van der Waals surface area contributed by atoms with Gasteiger partial charge in [-0.05, 0) is 11.5 Å². The minimum Gasteiger partial charge on any atom is -0.481 e. The van der Waals surface area contributed by atoms with Crippen LogP contribution in [0.15, 0.2) is 30.3 Å². The van der Waals surface area contributed by atoms with Gasteiger partial charge < -0.3 is 20.2 Å². The van der Waals surface area contributed by atoms with E-state index in [1.165, 1.54) is 19.8 Å². The van der Waals surface area contributed by atoms with Crippen LogP contribution in [0.2, 0.25) is 0 Å². The van der Waals surface area contributed by atoms with Crippen molar-refractivity contribution in [3.05, 3.63) is 35.9 Å². The highest BCUT2D eigenvalue weighted by atomic mass is 16.4. The number of fused-ring (bicyclic) bond motifs is 1. The maximum absolute atomic E-state index is 13.3. The Hall–Kier alpha value is -3.58. The molecule has 4 amide bonds. The van der Waals surface area contributed by atoms with Crippen molar-refractivity contribution in [1.29, 1.82) is 0 Å². The normalized spacial score (nSPS) is 21.1. The number of carboxylic acids is 1. The maximum Gasteiger partial charge on any atom is 0.334 e. The number of terminal acetylenes is 1. The van der Waals surface area contributed by atoms with Gasteiger partial charge in [-0.3, -0.25) is 14.4 Å². The molecule has 0 saturated carbocycles. The third-order valence-corrected chi connectivity index (χ3v) is 5.55. The fourth-order valence-corrected chi connectivity index (χ4v) is 4.26. The number of aliphatic carboxylic acids is 1. The van der Waals surface area contributed by atoms with Crippen molar-refractivity contribution in [2.75, 3.05) is 26.2 Å². The first kappa shape index (κ1) is 24.1. The smallest absolute Gasteiger partial charge is 0.334 e. The van der Waals surface area contributed by atoms with E-state index >= 15 is 0 Å². The molecule has 2 N–H and O–H groups in total. The quantitative estimate of drug-likeness (QED) is 0.581. The van der Waals surface area contributed by atoms with E-state index in [0.29, 0.717) is 6.54 Å². The molecule has 0 bridgehead atoms. The Balaban J connectivity index is 1.93. The molecular formula is C23H29N5O5. The molecule has 2 fully saturated rings. The van der Waals surface area contributed by atoms with Crippen LogP contribution in [-0.2, 0) is 20.9 Å². The molecule has 2 aliphatic heterocycles. The summed E-state index contributed by atoms with van der Waals surface area (Å²) >= 11 is 0. The number of nitrogens with zero attached hydrogens (tertiary/aromatic N) is 4. The van der Waals surface area contributed by atoms with E-state index in [-0.39, 0.29) is 32.1 Å². The third-order valence-electron chi connectivity index (χ3n) is 5.55. The summed E-state index contributed by atoms with van der Waals surface area (Å²) in [5, 5.41) is 15.1. The first-order valence-corrected chi connectivity index (χ1v) is 10.8. The molecule has 2 atom stereocenters. The van der Waals surface area contributed by atoms with Crippen molar-refractivity contribution in [2.45, 2.75) is 39.0 Å². The van der Waals surface area contributed by atoms with Crippen LogP contribution in [0.25, 0.3) is 0 Å². The molecule has 2 aliphatic rings. The first-order chi connectivity index (χ1) is 15.7. The van der Waals surface area contributed by atoms with E-state index in [1.807, 2.05) is 44.2 Å². The minimum atomic E-state index is -1.20. The van der Waals surface area contributed by atoms with E-state index in [1.54, 1.807) is 0 Å². The number of carboxylic acid groups (broad SMARTS) is 1. The molecule has 0 aliphatic carbocycles. The molecule has 10 heteroatoms. The zero-order valence-electron chi connectivity index (χ0n) is 18.8. The summed E-state index contributed by atoms with van der Waals surface area (Å²) in [5.41, 5.74) is 0.892. The zero-order valence-corrected chi connectivity index (χ0v) is 18.8. The molecule has 1 aromatic carbocycles. The Morgan fingerprint density at radius 3 is 2.55 bits per heavy atom. The minimum absolute atomic E-state index is 0.0105. The molecule has 3 rings (SSSR count). The second kappa shape index (κ2) is 10.4. The van der Waals surface area contributed by atoms with E-state index in [4.69, 9.17) is 6.42 Å². The number of hydrogen-bond acceptors (Lipinski definition) is 5. The van der Waals surface area contributed by atoms with Crippen LogP contribution in [0.3, 0.4) is 0 Å². The standard InChI is InChI=1S/C23H29N5O5/c1-4-10-26-15-20(29)27-18(11-21(30)31)22(32)25(13-16(2)3)14-19(27)28(26)23(33)24-12-17-8-6-5-7-9-17/h1,5-9,16,18-19H,10-15H2,2-3H3,(H,24,33)(H,30,31)/t18-,19-/m0/s1. The van der Waals surface area contributed by atoms with Gasteiger partial charge in [-0.25, -0.2) is 9.80 Å². The summed E-state index contributed by atoms with van der Waals surface area (Å²) in [6.45, 7) is 4.36. The van der Waals surface area contributed by atoms with Gasteiger partial charge in [0, 0.05) is 13.1 Å². The summed E-state index contributed by atoms with van der Waals surface area (Å²) in [6, 6.07) is 7.67. The zero-order chi connectivity index (χ0) is 24.1. The molecule has 10 nitrogen and oxygen atoms in total. The number of amides is 4. The van der Waals surface area contributed by atoms with Gasteiger partial charge in [-0.15, -0.1) is 6.42 Å². The molecule has 0 spiro atoms. The number of carbonyl (C=O) groups is 4. The second-order valence-corrected chi connectivity index (χ2v) is 8.55. The summed E-state index contributed by atoms with van der Waals surface area (Å²) in [6.07, 6.45) is 4.09. The summed E-state index contributed by atoms with van der Waals surface area (Å²) in [4.78, 5) is 53.7. The molecule has 33 heavy (non-hydrogen) atoms. The van der Waals surface area contributed by atoms with Gasteiger partial charge in [-0.1, -0.05) is 50.1 Å². The highest BCUT2D eigenvalue weighted by Gasteiger charge is 2.51. The number of urea groups is 1. The van der Waals surface area contributed by atoms with Gasteiger partial charge in [-0.2, -0.15) is 5.01 Å². The van der Waals surface area contributed by atoms with Crippen molar-refractivity contribution in [3.8, 4) is 12.3 Å². The maximum atomic E-state index is 13.3. The largest absolute Gasteiger partial charge is 0.481 e. The van der Waals surface area contributed by atoms with E-state index in [9.17, 15) is 24.3 Å². The fraction of sp³-hybridized carbons (Fsp3) is 0.478. The van der Waals surface area contributed by atoms with Crippen molar-refractivity contribution in [3.63, 3.8) is 0 Å². The van der Waals surface area contributed by atoms with Crippen molar-refractivity contribution >= 4 is 23.8 Å². The number of carbonyl (C=O) groups excluding carboxylic acids is 3. The van der Waals surface area contributed by atoms with Crippen LogP contribution in [-0.4, -0.2) is 87.1 Å². The topological polar surface area (TPSA) is 114 Å². The van der Waals surface area contributed by atoms with Crippen LogP contribution in [0, 0.1) is 18.3 Å². The van der Waals surface area contributed by atoms with Gasteiger partial charge in [0.15, 0.2) is 0 Å². The van der Waals surface area contributed by atoms with Crippen LogP contribution in [0.1, 0.15) is 25.8 Å². The molecule has 0 unspecified atom stereocenters. The van der Waals surface area contributed by atoms with Crippen molar-refractivity contribution in [1.82, 2.24) is 25.1 Å².